The Morgan fingerprint density at radius 2 is 1.62 bits per heavy atom. The SMILES string of the molecule is CC.CCc1cccc(C(F)(F)F)c1.CS. The Bertz CT molecular complexity index is 269. The number of hydrogen-bond donors (Lipinski definition) is 1. The van der Waals surface area contributed by atoms with Crippen molar-refractivity contribution in [1.29, 1.82) is 0 Å². The van der Waals surface area contributed by atoms with E-state index in [0.29, 0.717) is 12.0 Å². The molecule has 0 bridgehead atoms. The summed E-state index contributed by atoms with van der Waals surface area (Å²) in [6.07, 6.45) is -1.89. The molecule has 0 aliphatic carbocycles. The van der Waals surface area contributed by atoms with Gasteiger partial charge in [-0.1, -0.05) is 39.0 Å². The molecule has 0 radical (unpaired) electrons. The van der Waals surface area contributed by atoms with Gasteiger partial charge < -0.3 is 0 Å². The van der Waals surface area contributed by atoms with E-state index in [2.05, 4.69) is 12.6 Å². The normalized spacial score (nSPS) is 9.50. The number of alkyl halides is 3. The standard InChI is InChI=1S/C9H9F3.C2H6.CH4S/c1-2-7-4-3-5-8(6-7)9(10,11)12;2*1-2/h3-6H,2H2,1H3;1-2H3;2H,1H3. The molecule has 1 aromatic carbocycles. The van der Waals surface area contributed by atoms with Gasteiger partial charge >= 0.3 is 6.18 Å². The van der Waals surface area contributed by atoms with Crippen molar-refractivity contribution in [1.82, 2.24) is 0 Å². The molecule has 1 rings (SSSR count). The lowest BCUT2D eigenvalue weighted by molar-refractivity contribution is -0.137. The second-order valence-corrected chi connectivity index (χ2v) is 2.55. The van der Waals surface area contributed by atoms with Crippen LogP contribution in [0.1, 0.15) is 31.9 Å². The van der Waals surface area contributed by atoms with Crippen LogP contribution in [0.2, 0.25) is 0 Å². The van der Waals surface area contributed by atoms with Crippen molar-refractivity contribution >= 4 is 12.6 Å². The minimum atomic E-state index is -4.22. The van der Waals surface area contributed by atoms with Crippen LogP contribution in [0.4, 0.5) is 13.2 Å². The van der Waals surface area contributed by atoms with E-state index >= 15 is 0 Å². The summed E-state index contributed by atoms with van der Waals surface area (Å²) in [4.78, 5) is 0. The first-order valence-electron chi connectivity index (χ1n) is 5.15. The molecule has 1 aromatic rings. The fourth-order valence-electron chi connectivity index (χ4n) is 0.968. The van der Waals surface area contributed by atoms with Crippen molar-refractivity contribution in [3.63, 3.8) is 0 Å². The highest BCUT2D eigenvalue weighted by Gasteiger charge is 2.30. The predicted octanol–water partition coefficient (Wildman–Crippen LogP) is 4.84. The van der Waals surface area contributed by atoms with Gasteiger partial charge in [-0.2, -0.15) is 25.8 Å². The van der Waals surface area contributed by atoms with E-state index in [1.165, 1.54) is 12.1 Å². The van der Waals surface area contributed by atoms with Gasteiger partial charge in [0, 0.05) is 0 Å². The smallest absolute Gasteiger partial charge is 0.183 e. The molecule has 16 heavy (non-hydrogen) atoms. The molecule has 0 aliphatic rings. The molecule has 4 heteroatoms. The zero-order chi connectivity index (χ0) is 13.2. The van der Waals surface area contributed by atoms with Gasteiger partial charge in [-0.15, -0.1) is 0 Å². The molecular formula is C12H19F3S. The van der Waals surface area contributed by atoms with Crippen LogP contribution in [-0.4, -0.2) is 6.26 Å². The van der Waals surface area contributed by atoms with Crippen LogP contribution in [0.15, 0.2) is 24.3 Å². The zero-order valence-electron chi connectivity index (χ0n) is 10.1. The molecule has 0 spiro atoms. The van der Waals surface area contributed by atoms with E-state index in [9.17, 15) is 13.2 Å². The summed E-state index contributed by atoms with van der Waals surface area (Å²) in [5.41, 5.74) is 0.145. The van der Waals surface area contributed by atoms with Crippen LogP contribution >= 0.6 is 12.6 Å². The molecular weight excluding hydrogens is 233 g/mol. The van der Waals surface area contributed by atoms with E-state index in [1.54, 1.807) is 12.3 Å². The third-order valence-corrected chi connectivity index (χ3v) is 1.66. The largest absolute Gasteiger partial charge is 0.416 e. The first kappa shape index (κ1) is 17.7. The third kappa shape index (κ3) is 6.77. The number of benzene rings is 1. The fraction of sp³-hybridized carbons (Fsp3) is 0.500. The molecule has 0 nitrogen and oxygen atoms in total. The Labute approximate surface area is 101 Å². The highest BCUT2D eigenvalue weighted by molar-refractivity contribution is 7.79. The molecule has 0 N–H and O–H groups in total. The fourth-order valence-corrected chi connectivity index (χ4v) is 0.968. The van der Waals surface area contributed by atoms with E-state index in [1.807, 2.05) is 20.8 Å². The summed E-state index contributed by atoms with van der Waals surface area (Å²) in [6.45, 7) is 5.83. The van der Waals surface area contributed by atoms with Crippen molar-refractivity contribution in [3.8, 4) is 0 Å². The van der Waals surface area contributed by atoms with Crippen LogP contribution in [0.5, 0.6) is 0 Å². The summed E-state index contributed by atoms with van der Waals surface area (Å²) in [5.74, 6) is 0. The van der Waals surface area contributed by atoms with Crippen LogP contribution in [-0.2, 0) is 12.6 Å². The molecule has 0 heterocycles. The quantitative estimate of drug-likeness (QED) is 0.679. The van der Waals surface area contributed by atoms with Crippen LogP contribution in [0, 0.1) is 0 Å². The maximum absolute atomic E-state index is 12.1. The van der Waals surface area contributed by atoms with Gasteiger partial charge in [0.05, 0.1) is 5.56 Å². The highest BCUT2D eigenvalue weighted by atomic mass is 32.1. The Kier molecular flexibility index (Phi) is 10.6. The number of halogens is 3. The van der Waals surface area contributed by atoms with Crippen molar-refractivity contribution in [3.05, 3.63) is 35.4 Å². The van der Waals surface area contributed by atoms with E-state index in [-0.39, 0.29) is 0 Å². The van der Waals surface area contributed by atoms with Crippen molar-refractivity contribution < 1.29 is 13.2 Å². The molecule has 0 unspecified atom stereocenters. The Morgan fingerprint density at radius 1 is 1.12 bits per heavy atom. The molecule has 0 aliphatic heterocycles. The Balaban J connectivity index is 0. The molecule has 0 saturated carbocycles. The number of aryl methyl sites for hydroxylation is 1. The van der Waals surface area contributed by atoms with Gasteiger partial charge in [-0.3, -0.25) is 0 Å². The minimum absolute atomic E-state index is 0.568. The molecule has 0 fully saturated rings. The molecule has 0 saturated heterocycles. The Morgan fingerprint density at radius 3 is 2.00 bits per heavy atom. The molecule has 0 atom stereocenters. The molecule has 94 valence electrons. The monoisotopic (exact) mass is 252 g/mol. The predicted molar refractivity (Wildman–Crippen MR) is 67.1 cm³/mol. The molecule has 0 amide bonds. The van der Waals surface area contributed by atoms with Crippen molar-refractivity contribution in [2.75, 3.05) is 6.26 Å². The van der Waals surface area contributed by atoms with E-state index in [4.69, 9.17) is 0 Å². The first-order chi connectivity index (χ1) is 7.54. The zero-order valence-corrected chi connectivity index (χ0v) is 11.0. The van der Waals surface area contributed by atoms with Gasteiger partial charge in [0.1, 0.15) is 0 Å². The number of thiol groups is 1. The maximum Gasteiger partial charge on any atom is 0.416 e. The average molecular weight is 252 g/mol. The maximum atomic E-state index is 12.1. The lowest BCUT2D eigenvalue weighted by Crippen LogP contribution is -2.04. The summed E-state index contributed by atoms with van der Waals surface area (Å²) >= 11 is 3.53. The number of hydrogen-bond acceptors (Lipinski definition) is 1. The van der Waals surface area contributed by atoms with E-state index < -0.39 is 11.7 Å². The average Bonchev–Trinajstić information content (AvgIpc) is 2.33. The second kappa shape index (κ2) is 9.58. The summed E-state index contributed by atoms with van der Waals surface area (Å²) < 4.78 is 36.3. The highest BCUT2D eigenvalue weighted by Crippen LogP contribution is 2.29. The van der Waals surface area contributed by atoms with Gasteiger partial charge in [0.15, 0.2) is 0 Å². The lowest BCUT2D eigenvalue weighted by atomic mass is 10.1. The first-order valence-corrected chi connectivity index (χ1v) is 6.04. The van der Waals surface area contributed by atoms with Gasteiger partial charge in [-0.05, 0) is 24.3 Å². The minimum Gasteiger partial charge on any atom is -0.183 e. The van der Waals surface area contributed by atoms with Crippen LogP contribution in [0.3, 0.4) is 0 Å². The number of rotatable bonds is 1. The van der Waals surface area contributed by atoms with Crippen LogP contribution < -0.4 is 0 Å². The van der Waals surface area contributed by atoms with Crippen molar-refractivity contribution in [2.24, 2.45) is 0 Å². The molecule has 0 aromatic heterocycles. The van der Waals surface area contributed by atoms with Gasteiger partial charge in [0.25, 0.3) is 0 Å². The van der Waals surface area contributed by atoms with Gasteiger partial charge in [0.2, 0.25) is 0 Å². The second-order valence-electron chi connectivity index (χ2n) is 2.55. The topological polar surface area (TPSA) is 0 Å². The third-order valence-electron chi connectivity index (χ3n) is 1.66. The van der Waals surface area contributed by atoms with E-state index in [0.717, 1.165) is 6.07 Å². The summed E-state index contributed by atoms with van der Waals surface area (Å²) in [7, 11) is 0. The van der Waals surface area contributed by atoms with Crippen molar-refractivity contribution in [2.45, 2.75) is 33.4 Å². The summed E-state index contributed by atoms with van der Waals surface area (Å²) in [5, 5.41) is 0. The van der Waals surface area contributed by atoms with Crippen LogP contribution in [0.25, 0.3) is 0 Å². The lowest BCUT2D eigenvalue weighted by Gasteiger charge is -2.06. The summed E-state index contributed by atoms with van der Waals surface area (Å²) in [6, 6.07) is 5.38. The Hall–Kier alpha value is -0.640. The van der Waals surface area contributed by atoms with Gasteiger partial charge in [-0.25, -0.2) is 0 Å².